The highest BCUT2D eigenvalue weighted by molar-refractivity contribution is 7.98. The standard InChI is InChI=1S/C14H21NOS/c1-15-11-10-14(8-3-9-14)16-12-4-6-13(17-2)7-5-12/h4-7,15H,3,8-11H2,1-2H3. The van der Waals surface area contributed by atoms with Gasteiger partial charge in [-0.15, -0.1) is 11.8 Å². The van der Waals surface area contributed by atoms with Gasteiger partial charge in [0, 0.05) is 4.90 Å². The number of hydrogen-bond acceptors (Lipinski definition) is 3. The molecule has 0 unspecified atom stereocenters. The second-order valence-corrected chi connectivity index (χ2v) is 5.55. The average molecular weight is 251 g/mol. The lowest BCUT2D eigenvalue weighted by Gasteiger charge is -2.42. The van der Waals surface area contributed by atoms with Gasteiger partial charge in [0.2, 0.25) is 0 Å². The molecule has 1 fully saturated rings. The van der Waals surface area contributed by atoms with Crippen LogP contribution in [0.5, 0.6) is 5.75 Å². The molecule has 0 spiro atoms. The third-order valence-corrected chi connectivity index (χ3v) is 4.23. The number of ether oxygens (including phenoxy) is 1. The lowest BCUT2D eigenvalue weighted by atomic mass is 9.77. The van der Waals surface area contributed by atoms with Gasteiger partial charge in [0.1, 0.15) is 11.4 Å². The number of benzene rings is 1. The summed E-state index contributed by atoms with van der Waals surface area (Å²) in [5, 5.41) is 3.21. The van der Waals surface area contributed by atoms with E-state index in [0.717, 1.165) is 18.7 Å². The number of thioether (sulfide) groups is 1. The highest BCUT2D eigenvalue weighted by atomic mass is 32.2. The molecule has 1 aliphatic carbocycles. The third-order valence-electron chi connectivity index (χ3n) is 3.49. The Labute approximate surface area is 108 Å². The molecule has 17 heavy (non-hydrogen) atoms. The van der Waals surface area contributed by atoms with Gasteiger partial charge < -0.3 is 10.1 Å². The predicted octanol–water partition coefficient (Wildman–Crippen LogP) is 3.32. The molecule has 0 radical (unpaired) electrons. The van der Waals surface area contributed by atoms with Gasteiger partial charge in [-0.05, 0) is 69.8 Å². The van der Waals surface area contributed by atoms with E-state index in [9.17, 15) is 0 Å². The molecule has 0 atom stereocenters. The van der Waals surface area contributed by atoms with Crippen molar-refractivity contribution in [1.29, 1.82) is 0 Å². The van der Waals surface area contributed by atoms with Crippen molar-refractivity contribution in [3.63, 3.8) is 0 Å². The number of nitrogens with one attached hydrogen (secondary N) is 1. The molecule has 3 heteroatoms. The Kier molecular flexibility index (Phi) is 4.35. The SMILES string of the molecule is CNCCC1(Oc2ccc(SC)cc2)CCC1. The fraction of sp³-hybridized carbons (Fsp3) is 0.571. The Balaban J connectivity index is 1.97. The van der Waals surface area contributed by atoms with E-state index in [2.05, 4.69) is 35.8 Å². The Bertz CT molecular complexity index is 346. The lowest BCUT2D eigenvalue weighted by Crippen LogP contribution is -2.45. The van der Waals surface area contributed by atoms with Crippen molar-refractivity contribution in [3.05, 3.63) is 24.3 Å². The van der Waals surface area contributed by atoms with Crippen LogP contribution in [0.1, 0.15) is 25.7 Å². The summed E-state index contributed by atoms with van der Waals surface area (Å²) in [4.78, 5) is 1.29. The molecule has 0 aromatic heterocycles. The van der Waals surface area contributed by atoms with Gasteiger partial charge >= 0.3 is 0 Å². The second kappa shape index (κ2) is 5.78. The quantitative estimate of drug-likeness (QED) is 0.784. The molecule has 1 aliphatic rings. The van der Waals surface area contributed by atoms with Gasteiger partial charge in [0.15, 0.2) is 0 Å². The van der Waals surface area contributed by atoms with E-state index < -0.39 is 0 Å². The minimum Gasteiger partial charge on any atom is -0.487 e. The summed E-state index contributed by atoms with van der Waals surface area (Å²) in [5.74, 6) is 1.01. The van der Waals surface area contributed by atoms with Crippen LogP contribution in [0.4, 0.5) is 0 Å². The monoisotopic (exact) mass is 251 g/mol. The molecule has 1 aromatic carbocycles. The van der Waals surface area contributed by atoms with Crippen LogP contribution in [0.3, 0.4) is 0 Å². The van der Waals surface area contributed by atoms with E-state index in [-0.39, 0.29) is 5.60 Å². The molecule has 94 valence electrons. The molecule has 2 nitrogen and oxygen atoms in total. The van der Waals surface area contributed by atoms with E-state index in [4.69, 9.17) is 4.74 Å². The Morgan fingerprint density at radius 3 is 2.47 bits per heavy atom. The van der Waals surface area contributed by atoms with Crippen LogP contribution in [0, 0.1) is 0 Å². The van der Waals surface area contributed by atoms with Gasteiger partial charge in [-0.2, -0.15) is 0 Å². The summed E-state index contributed by atoms with van der Waals surface area (Å²) in [6.07, 6.45) is 6.88. The zero-order valence-electron chi connectivity index (χ0n) is 10.7. The summed E-state index contributed by atoms with van der Waals surface area (Å²) in [6, 6.07) is 8.44. The smallest absolute Gasteiger partial charge is 0.120 e. The van der Waals surface area contributed by atoms with Crippen LogP contribution < -0.4 is 10.1 Å². The molecule has 1 N–H and O–H groups in total. The summed E-state index contributed by atoms with van der Waals surface area (Å²) in [5.41, 5.74) is 0.101. The Morgan fingerprint density at radius 2 is 2.00 bits per heavy atom. The van der Waals surface area contributed by atoms with Crippen molar-refractivity contribution < 1.29 is 4.74 Å². The fourth-order valence-electron chi connectivity index (χ4n) is 2.22. The van der Waals surface area contributed by atoms with Crippen LogP contribution >= 0.6 is 11.8 Å². The number of hydrogen-bond donors (Lipinski definition) is 1. The van der Waals surface area contributed by atoms with Crippen LogP contribution in [0.2, 0.25) is 0 Å². The van der Waals surface area contributed by atoms with Crippen molar-refractivity contribution in [2.75, 3.05) is 19.8 Å². The first-order valence-corrected chi connectivity index (χ1v) is 7.48. The Hall–Kier alpha value is -0.670. The molecule has 0 bridgehead atoms. The van der Waals surface area contributed by atoms with Gasteiger partial charge in [0.25, 0.3) is 0 Å². The van der Waals surface area contributed by atoms with Crippen molar-refractivity contribution in [1.82, 2.24) is 5.32 Å². The highest BCUT2D eigenvalue weighted by Crippen LogP contribution is 2.39. The molecule has 0 amide bonds. The van der Waals surface area contributed by atoms with E-state index >= 15 is 0 Å². The fourth-order valence-corrected chi connectivity index (χ4v) is 2.63. The maximum Gasteiger partial charge on any atom is 0.120 e. The van der Waals surface area contributed by atoms with Crippen molar-refractivity contribution in [2.45, 2.75) is 36.2 Å². The first kappa shape index (κ1) is 12.8. The molecule has 1 aromatic rings. The Morgan fingerprint density at radius 1 is 1.29 bits per heavy atom. The molecule has 0 saturated heterocycles. The van der Waals surface area contributed by atoms with Gasteiger partial charge in [-0.25, -0.2) is 0 Å². The predicted molar refractivity (Wildman–Crippen MR) is 74.0 cm³/mol. The molecule has 0 aliphatic heterocycles. The van der Waals surface area contributed by atoms with Gasteiger partial charge in [0.05, 0.1) is 0 Å². The summed E-state index contributed by atoms with van der Waals surface area (Å²) < 4.78 is 6.19. The molecular formula is C14H21NOS. The summed E-state index contributed by atoms with van der Waals surface area (Å²) in [7, 11) is 2.00. The van der Waals surface area contributed by atoms with Crippen LogP contribution in [0.25, 0.3) is 0 Å². The van der Waals surface area contributed by atoms with E-state index in [1.54, 1.807) is 11.8 Å². The highest BCUT2D eigenvalue weighted by Gasteiger charge is 2.38. The van der Waals surface area contributed by atoms with Gasteiger partial charge in [-0.3, -0.25) is 0 Å². The largest absolute Gasteiger partial charge is 0.487 e. The first-order valence-electron chi connectivity index (χ1n) is 6.26. The molecular weight excluding hydrogens is 230 g/mol. The van der Waals surface area contributed by atoms with E-state index in [1.165, 1.54) is 24.2 Å². The normalized spacial score (nSPS) is 17.5. The van der Waals surface area contributed by atoms with Crippen molar-refractivity contribution in [3.8, 4) is 5.75 Å². The average Bonchev–Trinajstić information content (AvgIpc) is 2.33. The number of rotatable bonds is 6. The maximum absolute atomic E-state index is 6.19. The van der Waals surface area contributed by atoms with E-state index in [1.807, 2.05) is 7.05 Å². The first-order chi connectivity index (χ1) is 8.28. The van der Waals surface area contributed by atoms with Gasteiger partial charge in [-0.1, -0.05) is 0 Å². The van der Waals surface area contributed by atoms with Crippen LogP contribution in [-0.2, 0) is 0 Å². The lowest BCUT2D eigenvalue weighted by molar-refractivity contribution is -0.0139. The zero-order valence-corrected chi connectivity index (χ0v) is 11.5. The van der Waals surface area contributed by atoms with Crippen molar-refractivity contribution >= 4 is 11.8 Å². The van der Waals surface area contributed by atoms with Crippen LogP contribution in [0.15, 0.2) is 29.2 Å². The third kappa shape index (κ3) is 3.17. The van der Waals surface area contributed by atoms with E-state index in [0.29, 0.717) is 0 Å². The minimum absolute atomic E-state index is 0.101. The second-order valence-electron chi connectivity index (χ2n) is 4.67. The molecule has 2 rings (SSSR count). The zero-order chi connectivity index (χ0) is 12.1. The molecule has 0 heterocycles. The maximum atomic E-state index is 6.19. The topological polar surface area (TPSA) is 21.3 Å². The summed E-state index contributed by atoms with van der Waals surface area (Å²) >= 11 is 1.76. The summed E-state index contributed by atoms with van der Waals surface area (Å²) in [6.45, 7) is 1.03. The minimum atomic E-state index is 0.101. The van der Waals surface area contributed by atoms with Crippen molar-refractivity contribution in [2.24, 2.45) is 0 Å². The molecule has 1 saturated carbocycles. The van der Waals surface area contributed by atoms with Crippen LogP contribution in [-0.4, -0.2) is 25.4 Å².